The molecule has 1 rings (SSSR count). The zero-order valence-corrected chi connectivity index (χ0v) is 9.91. The van der Waals surface area contributed by atoms with Crippen molar-refractivity contribution in [3.8, 4) is 0 Å². The monoisotopic (exact) mass is 216 g/mol. The van der Waals surface area contributed by atoms with E-state index < -0.39 is 0 Å². The molecule has 0 aromatic heterocycles. The quantitative estimate of drug-likeness (QED) is 0.591. The second-order valence-corrected chi connectivity index (χ2v) is 4.34. The molecule has 1 saturated heterocycles. The predicted octanol–water partition coefficient (Wildman–Crippen LogP) is 0.0676. The summed E-state index contributed by atoms with van der Waals surface area (Å²) in [5.74, 6) is 0. The van der Waals surface area contributed by atoms with Crippen LogP contribution in [0.15, 0.2) is 0 Å². The normalized spacial score (nSPS) is 24.6. The molecule has 2 atom stereocenters. The standard InChI is InChI=1S/C11H24N2O2/c1-10-4-3-6-13(10)9-11(14)8-12-5-7-15-2/h10-12,14H,3-9H2,1-2H3. The third-order valence-corrected chi connectivity index (χ3v) is 3.00. The number of β-amino-alcohol motifs (C(OH)–C–C–N with tert-alkyl or cyclic N) is 1. The largest absolute Gasteiger partial charge is 0.390 e. The number of rotatable bonds is 7. The molecule has 0 aliphatic carbocycles. The van der Waals surface area contributed by atoms with E-state index in [1.165, 1.54) is 12.8 Å². The van der Waals surface area contributed by atoms with Gasteiger partial charge < -0.3 is 15.2 Å². The number of nitrogens with one attached hydrogen (secondary N) is 1. The van der Waals surface area contributed by atoms with E-state index in [0.717, 1.165) is 19.6 Å². The van der Waals surface area contributed by atoms with E-state index in [-0.39, 0.29) is 6.10 Å². The van der Waals surface area contributed by atoms with Crippen molar-refractivity contribution in [1.82, 2.24) is 10.2 Å². The number of likely N-dealkylation sites (tertiary alicyclic amines) is 1. The Morgan fingerprint density at radius 2 is 2.40 bits per heavy atom. The van der Waals surface area contributed by atoms with Gasteiger partial charge in [-0.15, -0.1) is 0 Å². The van der Waals surface area contributed by atoms with Gasteiger partial charge in [0.2, 0.25) is 0 Å². The smallest absolute Gasteiger partial charge is 0.0791 e. The summed E-state index contributed by atoms with van der Waals surface area (Å²) in [5, 5.41) is 13.0. The molecule has 0 spiro atoms. The van der Waals surface area contributed by atoms with Gasteiger partial charge in [-0.05, 0) is 26.3 Å². The summed E-state index contributed by atoms with van der Waals surface area (Å²) >= 11 is 0. The average Bonchev–Trinajstić information content (AvgIpc) is 2.59. The van der Waals surface area contributed by atoms with Crippen LogP contribution >= 0.6 is 0 Å². The van der Waals surface area contributed by atoms with Gasteiger partial charge in [-0.2, -0.15) is 0 Å². The molecule has 90 valence electrons. The topological polar surface area (TPSA) is 44.7 Å². The van der Waals surface area contributed by atoms with Crippen molar-refractivity contribution < 1.29 is 9.84 Å². The maximum atomic E-state index is 9.78. The number of hydrogen-bond donors (Lipinski definition) is 2. The van der Waals surface area contributed by atoms with E-state index in [0.29, 0.717) is 19.2 Å². The van der Waals surface area contributed by atoms with E-state index >= 15 is 0 Å². The molecule has 0 aromatic carbocycles. The fraction of sp³-hybridized carbons (Fsp3) is 1.00. The molecular formula is C11H24N2O2. The Kier molecular flexibility index (Phi) is 6.17. The number of methoxy groups -OCH3 is 1. The van der Waals surface area contributed by atoms with Crippen LogP contribution in [-0.2, 0) is 4.74 Å². The van der Waals surface area contributed by atoms with Crippen LogP contribution in [0.25, 0.3) is 0 Å². The lowest BCUT2D eigenvalue weighted by molar-refractivity contribution is 0.105. The number of ether oxygens (including phenoxy) is 1. The molecule has 0 bridgehead atoms. The van der Waals surface area contributed by atoms with Gasteiger partial charge in [0.15, 0.2) is 0 Å². The molecule has 1 aliphatic rings. The molecule has 1 fully saturated rings. The van der Waals surface area contributed by atoms with Crippen molar-refractivity contribution in [2.24, 2.45) is 0 Å². The first kappa shape index (κ1) is 12.9. The summed E-state index contributed by atoms with van der Waals surface area (Å²) in [4.78, 5) is 2.36. The third kappa shape index (κ3) is 4.93. The Morgan fingerprint density at radius 1 is 1.60 bits per heavy atom. The van der Waals surface area contributed by atoms with E-state index in [1.54, 1.807) is 7.11 Å². The van der Waals surface area contributed by atoms with E-state index in [2.05, 4.69) is 17.1 Å². The highest BCUT2D eigenvalue weighted by Crippen LogP contribution is 2.15. The highest BCUT2D eigenvalue weighted by atomic mass is 16.5. The molecule has 1 heterocycles. The van der Waals surface area contributed by atoms with Gasteiger partial charge in [-0.3, -0.25) is 4.90 Å². The summed E-state index contributed by atoms with van der Waals surface area (Å²) in [5.41, 5.74) is 0. The van der Waals surface area contributed by atoms with Gasteiger partial charge in [-0.1, -0.05) is 0 Å². The zero-order chi connectivity index (χ0) is 11.1. The summed E-state index contributed by atoms with van der Waals surface area (Å²) in [6.45, 7) is 6.33. The number of hydrogen-bond acceptors (Lipinski definition) is 4. The van der Waals surface area contributed by atoms with Crippen LogP contribution in [0.1, 0.15) is 19.8 Å². The van der Waals surface area contributed by atoms with Gasteiger partial charge >= 0.3 is 0 Å². The first-order valence-corrected chi connectivity index (χ1v) is 5.85. The zero-order valence-electron chi connectivity index (χ0n) is 9.91. The van der Waals surface area contributed by atoms with Crippen LogP contribution in [0.4, 0.5) is 0 Å². The van der Waals surface area contributed by atoms with E-state index in [9.17, 15) is 5.11 Å². The van der Waals surface area contributed by atoms with Crippen molar-refractivity contribution in [3.05, 3.63) is 0 Å². The number of aliphatic hydroxyl groups is 1. The first-order chi connectivity index (χ1) is 7.24. The second-order valence-electron chi connectivity index (χ2n) is 4.34. The Hall–Kier alpha value is -0.160. The molecule has 0 radical (unpaired) electrons. The van der Waals surface area contributed by atoms with Crippen LogP contribution in [0.5, 0.6) is 0 Å². The van der Waals surface area contributed by atoms with E-state index in [1.807, 2.05) is 0 Å². The van der Waals surface area contributed by atoms with Gasteiger partial charge in [-0.25, -0.2) is 0 Å². The molecule has 15 heavy (non-hydrogen) atoms. The maximum absolute atomic E-state index is 9.78. The summed E-state index contributed by atoms with van der Waals surface area (Å²) < 4.78 is 4.92. The van der Waals surface area contributed by atoms with Gasteiger partial charge in [0, 0.05) is 32.8 Å². The summed E-state index contributed by atoms with van der Waals surface area (Å²) in [7, 11) is 1.68. The summed E-state index contributed by atoms with van der Waals surface area (Å²) in [6, 6.07) is 0.638. The lowest BCUT2D eigenvalue weighted by Crippen LogP contribution is -2.40. The highest BCUT2D eigenvalue weighted by Gasteiger charge is 2.21. The lowest BCUT2D eigenvalue weighted by atomic mass is 10.2. The van der Waals surface area contributed by atoms with Crippen molar-refractivity contribution >= 4 is 0 Å². The Labute approximate surface area is 92.6 Å². The lowest BCUT2D eigenvalue weighted by Gasteiger charge is -2.24. The first-order valence-electron chi connectivity index (χ1n) is 5.85. The maximum Gasteiger partial charge on any atom is 0.0791 e. The SMILES string of the molecule is COCCNCC(O)CN1CCCC1C. The van der Waals surface area contributed by atoms with Crippen LogP contribution in [0, 0.1) is 0 Å². The minimum atomic E-state index is -0.262. The minimum absolute atomic E-state index is 0.262. The molecule has 2 N–H and O–H groups in total. The Bertz CT molecular complexity index is 167. The fourth-order valence-electron chi connectivity index (χ4n) is 2.04. The number of nitrogens with zero attached hydrogens (tertiary/aromatic N) is 1. The Balaban J connectivity index is 2.04. The van der Waals surface area contributed by atoms with Gasteiger partial charge in [0.05, 0.1) is 12.7 Å². The van der Waals surface area contributed by atoms with E-state index in [4.69, 9.17) is 4.74 Å². The second kappa shape index (κ2) is 7.17. The van der Waals surface area contributed by atoms with Crippen molar-refractivity contribution in [1.29, 1.82) is 0 Å². The van der Waals surface area contributed by atoms with Gasteiger partial charge in [0.25, 0.3) is 0 Å². The van der Waals surface area contributed by atoms with Crippen LogP contribution in [-0.4, -0.2) is 62.0 Å². The molecule has 4 nitrogen and oxygen atoms in total. The Morgan fingerprint density at radius 3 is 3.00 bits per heavy atom. The van der Waals surface area contributed by atoms with Gasteiger partial charge in [0.1, 0.15) is 0 Å². The average molecular weight is 216 g/mol. The number of aliphatic hydroxyl groups excluding tert-OH is 1. The fourth-order valence-corrected chi connectivity index (χ4v) is 2.04. The molecule has 0 saturated carbocycles. The predicted molar refractivity (Wildman–Crippen MR) is 61.0 cm³/mol. The minimum Gasteiger partial charge on any atom is -0.390 e. The highest BCUT2D eigenvalue weighted by molar-refractivity contribution is 4.77. The third-order valence-electron chi connectivity index (χ3n) is 3.00. The molecule has 0 aromatic rings. The van der Waals surface area contributed by atoms with Crippen LogP contribution in [0.2, 0.25) is 0 Å². The molecular weight excluding hydrogens is 192 g/mol. The van der Waals surface area contributed by atoms with Crippen molar-refractivity contribution in [3.63, 3.8) is 0 Å². The molecule has 2 unspecified atom stereocenters. The van der Waals surface area contributed by atoms with Crippen molar-refractivity contribution in [2.75, 3.05) is 39.9 Å². The van der Waals surface area contributed by atoms with Crippen molar-refractivity contribution in [2.45, 2.75) is 31.9 Å². The van der Waals surface area contributed by atoms with Crippen LogP contribution < -0.4 is 5.32 Å². The molecule has 0 amide bonds. The molecule has 4 heteroatoms. The van der Waals surface area contributed by atoms with Crippen LogP contribution in [0.3, 0.4) is 0 Å². The molecule has 1 aliphatic heterocycles. The summed E-state index contributed by atoms with van der Waals surface area (Å²) in [6.07, 6.45) is 2.27.